The van der Waals surface area contributed by atoms with Crippen molar-refractivity contribution in [3.8, 4) is 6.07 Å². The third-order valence-electron chi connectivity index (χ3n) is 5.31. The van der Waals surface area contributed by atoms with Gasteiger partial charge in [-0.25, -0.2) is 4.98 Å². The highest BCUT2D eigenvalue weighted by molar-refractivity contribution is 7.99. The van der Waals surface area contributed by atoms with Gasteiger partial charge in [-0.3, -0.25) is 4.79 Å². The Hall–Kier alpha value is -2.96. The molecule has 3 heterocycles. The molecule has 30 heavy (non-hydrogen) atoms. The number of para-hydroxylation sites is 1. The van der Waals surface area contributed by atoms with Crippen molar-refractivity contribution in [2.45, 2.75) is 31.3 Å². The van der Waals surface area contributed by atoms with E-state index in [-0.39, 0.29) is 11.7 Å². The highest BCUT2D eigenvalue weighted by atomic mass is 32.2. The number of thiophene rings is 1. The van der Waals surface area contributed by atoms with E-state index in [4.69, 9.17) is 0 Å². The standard InChI is InChI=1S/C21H18N6OS2/c1-11-6-7-12-14(9-22)20(30-16(12)8-11)24-17(28)10-29-21-25-19-18(26-27-21)13-4-2-3-5-15(13)23-19/h2-5,11H,6-8,10H2,1H3,(H,24,28)(H,23,25,27)/t11-/m0/s1. The summed E-state index contributed by atoms with van der Waals surface area (Å²) in [5.41, 5.74) is 4.06. The van der Waals surface area contributed by atoms with Crippen LogP contribution in [0.4, 0.5) is 5.00 Å². The molecule has 0 aliphatic heterocycles. The van der Waals surface area contributed by atoms with Crippen molar-refractivity contribution in [3.63, 3.8) is 0 Å². The number of carbonyl (C=O) groups excluding carboxylic acids is 1. The molecule has 1 aliphatic rings. The molecule has 0 saturated heterocycles. The zero-order chi connectivity index (χ0) is 20.7. The monoisotopic (exact) mass is 434 g/mol. The smallest absolute Gasteiger partial charge is 0.235 e. The first-order valence-electron chi connectivity index (χ1n) is 9.71. The summed E-state index contributed by atoms with van der Waals surface area (Å²) in [5.74, 6) is 0.589. The SMILES string of the molecule is C[C@H]1CCc2c(sc(NC(=O)CSc3nnc4c(n3)[nH]c3ccccc34)c2C#N)C1. The zero-order valence-electron chi connectivity index (χ0n) is 16.2. The van der Waals surface area contributed by atoms with Gasteiger partial charge in [0.2, 0.25) is 11.1 Å². The van der Waals surface area contributed by atoms with Crippen LogP contribution in [0, 0.1) is 17.2 Å². The number of anilines is 1. The number of amides is 1. The average Bonchev–Trinajstić information content (AvgIpc) is 3.28. The molecule has 1 amide bonds. The Labute approximate surface area is 180 Å². The van der Waals surface area contributed by atoms with Gasteiger partial charge in [0.05, 0.1) is 11.3 Å². The van der Waals surface area contributed by atoms with Gasteiger partial charge in [-0.2, -0.15) is 5.26 Å². The van der Waals surface area contributed by atoms with Gasteiger partial charge in [0.15, 0.2) is 5.65 Å². The summed E-state index contributed by atoms with van der Waals surface area (Å²) >= 11 is 2.76. The van der Waals surface area contributed by atoms with Gasteiger partial charge in [-0.15, -0.1) is 21.5 Å². The summed E-state index contributed by atoms with van der Waals surface area (Å²) in [7, 11) is 0. The largest absolute Gasteiger partial charge is 0.338 e. The molecular formula is C21H18N6OS2. The number of nitrogens with zero attached hydrogens (tertiary/aromatic N) is 4. The van der Waals surface area contributed by atoms with Gasteiger partial charge >= 0.3 is 0 Å². The Bertz CT molecular complexity index is 1320. The first-order chi connectivity index (χ1) is 14.6. The molecule has 0 radical (unpaired) electrons. The average molecular weight is 435 g/mol. The van der Waals surface area contributed by atoms with E-state index in [0.29, 0.717) is 27.3 Å². The molecule has 1 aliphatic carbocycles. The number of carbonyl (C=O) groups is 1. The van der Waals surface area contributed by atoms with Crippen LogP contribution in [0.2, 0.25) is 0 Å². The van der Waals surface area contributed by atoms with Gasteiger partial charge in [0, 0.05) is 15.8 Å². The van der Waals surface area contributed by atoms with Gasteiger partial charge in [0.1, 0.15) is 16.6 Å². The highest BCUT2D eigenvalue weighted by Crippen LogP contribution is 2.39. The summed E-state index contributed by atoms with van der Waals surface area (Å²) in [4.78, 5) is 21.5. The highest BCUT2D eigenvalue weighted by Gasteiger charge is 2.24. The number of aromatic nitrogens is 4. The first kappa shape index (κ1) is 19.0. The predicted molar refractivity (Wildman–Crippen MR) is 119 cm³/mol. The molecule has 1 aromatic carbocycles. The number of fused-ring (bicyclic) bond motifs is 4. The summed E-state index contributed by atoms with van der Waals surface area (Å²) in [5, 5.41) is 23.0. The quantitative estimate of drug-likeness (QED) is 0.464. The normalized spacial score (nSPS) is 15.8. The topological polar surface area (TPSA) is 107 Å². The van der Waals surface area contributed by atoms with Crippen LogP contribution in [0.25, 0.3) is 22.1 Å². The third-order valence-corrected chi connectivity index (χ3v) is 7.32. The number of nitriles is 1. The third kappa shape index (κ3) is 3.42. The molecule has 9 heteroatoms. The minimum atomic E-state index is -0.177. The van der Waals surface area contributed by atoms with Gasteiger partial charge in [-0.05, 0) is 36.8 Å². The minimum absolute atomic E-state index is 0.150. The van der Waals surface area contributed by atoms with E-state index >= 15 is 0 Å². The molecule has 7 nitrogen and oxygen atoms in total. The number of rotatable bonds is 4. The Morgan fingerprint density at radius 2 is 2.27 bits per heavy atom. The number of hydrogen-bond donors (Lipinski definition) is 2. The second-order valence-electron chi connectivity index (χ2n) is 7.47. The lowest BCUT2D eigenvalue weighted by Gasteiger charge is -2.17. The van der Waals surface area contributed by atoms with Crippen molar-refractivity contribution >= 4 is 56.1 Å². The Morgan fingerprint density at radius 1 is 1.40 bits per heavy atom. The zero-order valence-corrected chi connectivity index (χ0v) is 17.9. The second-order valence-corrected chi connectivity index (χ2v) is 9.51. The number of aromatic amines is 1. The summed E-state index contributed by atoms with van der Waals surface area (Å²) in [6.07, 6.45) is 2.97. The lowest BCUT2D eigenvalue weighted by Crippen LogP contribution is -2.14. The minimum Gasteiger partial charge on any atom is -0.338 e. The van der Waals surface area contributed by atoms with Gasteiger partial charge < -0.3 is 10.3 Å². The van der Waals surface area contributed by atoms with E-state index in [9.17, 15) is 10.1 Å². The lowest BCUT2D eigenvalue weighted by atomic mass is 9.89. The number of benzene rings is 1. The molecule has 150 valence electrons. The maximum absolute atomic E-state index is 12.5. The summed E-state index contributed by atoms with van der Waals surface area (Å²) in [6.45, 7) is 2.22. The molecule has 5 rings (SSSR count). The van der Waals surface area contributed by atoms with E-state index in [1.165, 1.54) is 28.0 Å². The fourth-order valence-corrected chi connectivity index (χ4v) is 5.78. The van der Waals surface area contributed by atoms with Crippen molar-refractivity contribution in [2.75, 3.05) is 11.1 Å². The Kier molecular flexibility index (Phi) is 4.89. The Morgan fingerprint density at radius 3 is 3.13 bits per heavy atom. The Balaban J connectivity index is 1.30. The molecule has 3 aromatic heterocycles. The van der Waals surface area contributed by atoms with E-state index in [1.807, 2.05) is 24.3 Å². The first-order valence-corrected chi connectivity index (χ1v) is 11.5. The lowest BCUT2D eigenvalue weighted by molar-refractivity contribution is -0.113. The van der Waals surface area contributed by atoms with Crippen molar-refractivity contribution in [1.82, 2.24) is 20.2 Å². The van der Waals surface area contributed by atoms with E-state index in [1.54, 1.807) is 0 Å². The molecule has 0 bridgehead atoms. The molecular weight excluding hydrogens is 416 g/mol. The van der Waals surface area contributed by atoms with Gasteiger partial charge in [0.25, 0.3) is 0 Å². The summed E-state index contributed by atoms with van der Waals surface area (Å²) in [6, 6.07) is 10.1. The van der Waals surface area contributed by atoms with Crippen LogP contribution in [0.15, 0.2) is 29.4 Å². The van der Waals surface area contributed by atoms with E-state index < -0.39 is 0 Å². The van der Waals surface area contributed by atoms with Crippen LogP contribution >= 0.6 is 23.1 Å². The number of hydrogen-bond acceptors (Lipinski definition) is 7. The molecule has 2 N–H and O–H groups in total. The molecule has 1 atom stereocenters. The van der Waals surface area contributed by atoms with Crippen LogP contribution in [0.3, 0.4) is 0 Å². The molecule has 0 unspecified atom stereocenters. The summed E-state index contributed by atoms with van der Waals surface area (Å²) < 4.78 is 0. The fourth-order valence-electron chi connectivity index (χ4n) is 3.82. The number of H-pyrrole nitrogens is 1. The van der Waals surface area contributed by atoms with Crippen molar-refractivity contribution in [3.05, 3.63) is 40.3 Å². The maximum Gasteiger partial charge on any atom is 0.235 e. The molecule has 0 spiro atoms. The second kappa shape index (κ2) is 7.70. The van der Waals surface area contributed by atoms with Crippen molar-refractivity contribution < 1.29 is 4.79 Å². The van der Waals surface area contributed by atoms with Crippen LogP contribution in [0.1, 0.15) is 29.3 Å². The van der Waals surface area contributed by atoms with Crippen LogP contribution in [-0.4, -0.2) is 31.8 Å². The van der Waals surface area contributed by atoms with Crippen molar-refractivity contribution in [2.24, 2.45) is 5.92 Å². The number of thioether (sulfide) groups is 1. The molecule has 4 aromatic rings. The predicted octanol–water partition coefficient (Wildman–Crippen LogP) is 4.29. The van der Waals surface area contributed by atoms with Crippen LogP contribution in [-0.2, 0) is 17.6 Å². The fraction of sp³-hybridized carbons (Fsp3) is 0.286. The molecule has 0 saturated carbocycles. The van der Waals surface area contributed by atoms with Crippen LogP contribution < -0.4 is 5.32 Å². The van der Waals surface area contributed by atoms with Crippen LogP contribution in [0.5, 0.6) is 0 Å². The number of nitrogens with one attached hydrogen (secondary N) is 2. The van der Waals surface area contributed by atoms with Crippen molar-refractivity contribution in [1.29, 1.82) is 5.26 Å². The van der Waals surface area contributed by atoms with Gasteiger partial charge in [-0.1, -0.05) is 36.9 Å². The maximum atomic E-state index is 12.5. The van der Waals surface area contributed by atoms with E-state index in [0.717, 1.165) is 41.2 Å². The van der Waals surface area contributed by atoms with E-state index in [2.05, 4.69) is 38.5 Å². The molecule has 0 fully saturated rings.